The van der Waals surface area contributed by atoms with Crippen molar-refractivity contribution in [3.05, 3.63) is 16.1 Å². The zero-order chi connectivity index (χ0) is 13.2. The van der Waals surface area contributed by atoms with E-state index in [1.54, 1.807) is 18.4 Å². The van der Waals surface area contributed by atoms with Gasteiger partial charge in [0.1, 0.15) is 0 Å². The second-order valence-corrected chi connectivity index (χ2v) is 5.68. The molecule has 2 N–H and O–H groups in total. The van der Waals surface area contributed by atoms with Crippen LogP contribution in [-0.4, -0.2) is 43.1 Å². The fraction of sp³-hybridized carbons (Fsp3) is 0.667. The van der Waals surface area contributed by atoms with Crippen molar-refractivity contribution < 1.29 is 0 Å². The number of guanidine groups is 1. The van der Waals surface area contributed by atoms with E-state index < -0.39 is 0 Å². The number of nitrogens with zero attached hydrogens (tertiary/aromatic N) is 2. The first kappa shape index (κ1) is 15.3. The second-order valence-electron chi connectivity index (χ2n) is 3.75. The van der Waals surface area contributed by atoms with Gasteiger partial charge in [-0.25, -0.2) is 4.98 Å². The summed E-state index contributed by atoms with van der Waals surface area (Å²) in [6, 6.07) is 0. The van der Waals surface area contributed by atoms with Crippen LogP contribution >= 0.6 is 23.1 Å². The lowest BCUT2D eigenvalue weighted by atomic mass is 10.3. The number of thiazole rings is 1. The van der Waals surface area contributed by atoms with Crippen molar-refractivity contribution in [3.8, 4) is 0 Å². The van der Waals surface area contributed by atoms with Gasteiger partial charge < -0.3 is 10.6 Å². The molecule has 0 aliphatic carbocycles. The van der Waals surface area contributed by atoms with Crippen LogP contribution in [0, 0.1) is 0 Å². The van der Waals surface area contributed by atoms with Crippen molar-refractivity contribution in [1.82, 2.24) is 15.6 Å². The van der Waals surface area contributed by atoms with Crippen molar-refractivity contribution >= 4 is 29.1 Å². The second kappa shape index (κ2) is 9.22. The van der Waals surface area contributed by atoms with Crippen LogP contribution in [0.25, 0.3) is 0 Å². The molecule has 0 spiro atoms. The summed E-state index contributed by atoms with van der Waals surface area (Å²) in [5.74, 6) is 1.96. The standard InChI is InChI=1S/C12H22N4S2/c1-4-11-16-10(9-18-11)5-6-14-12(13-2)15-7-8-17-3/h9H,4-8H2,1-3H3,(H2,13,14,15). The third kappa shape index (κ3) is 5.73. The molecule has 0 aliphatic rings. The van der Waals surface area contributed by atoms with Crippen LogP contribution < -0.4 is 10.6 Å². The van der Waals surface area contributed by atoms with Gasteiger partial charge in [0.05, 0.1) is 10.7 Å². The average molecular weight is 286 g/mol. The Balaban J connectivity index is 2.22. The Labute approximate surface area is 118 Å². The lowest BCUT2D eigenvalue weighted by Crippen LogP contribution is -2.39. The minimum absolute atomic E-state index is 0.867. The van der Waals surface area contributed by atoms with Crippen LogP contribution in [0.2, 0.25) is 0 Å². The molecule has 0 saturated carbocycles. The number of thioether (sulfide) groups is 1. The number of nitrogens with one attached hydrogen (secondary N) is 2. The number of hydrogen-bond donors (Lipinski definition) is 2. The Kier molecular flexibility index (Phi) is 7.84. The van der Waals surface area contributed by atoms with Gasteiger partial charge in [0.25, 0.3) is 0 Å². The maximum Gasteiger partial charge on any atom is 0.191 e. The van der Waals surface area contributed by atoms with Crippen LogP contribution in [0.3, 0.4) is 0 Å². The van der Waals surface area contributed by atoms with E-state index >= 15 is 0 Å². The predicted octanol–water partition coefficient (Wildman–Crippen LogP) is 1.78. The number of aromatic nitrogens is 1. The quantitative estimate of drug-likeness (QED) is 0.456. The van der Waals surface area contributed by atoms with E-state index in [1.165, 1.54) is 10.7 Å². The third-order valence-corrected chi connectivity index (χ3v) is 4.05. The minimum atomic E-state index is 0.867. The molecule has 0 amide bonds. The molecule has 0 aromatic carbocycles. The summed E-state index contributed by atoms with van der Waals surface area (Å²) in [7, 11) is 1.80. The van der Waals surface area contributed by atoms with Crippen LogP contribution in [0.1, 0.15) is 17.6 Å². The lowest BCUT2D eigenvalue weighted by Gasteiger charge is -2.10. The van der Waals surface area contributed by atoms with Crippen molar-refractivity contribution in [2.45, 2.75) is 19.8 Å². The van der Waals surface area contributed by atoms with E-state index in [1.807, 2.05) is 11.8 Å². The fourth-order valence-electron chi connectivity index (χ4n) is 1.43. The first-order chi connectivity index (χ1) is 8.80. The summed E-state index contributed by atoms with van der Waals surface area (Å²) >= 11 is 3.57. The molecular formula is C12H22N4S2. The molecule has 1 heterocycles. The van der Waals surface area contributed by atoms with Crippen LogP contribution in [0.15, 0.2) is 10.4 Å². The van der Waals surface area contributed by atoms with E-state index in [2.05, 4.69) is 39.2 Å². The number of aliphatic imine (C=N–C) groups is 1. The number of rotatable bonds is 7. The highest BCUT2D eigenvalue weighted by molar-refractivity contribution is 7.98. The average Bonchev–Trinajstić information content (AvgIpc) is 2.85. The summed E-state index contributed by atoms with van der Waals surface area (Å²) in [5, 5.41) is 9.93. The van der Waals surface area contributed by atoms with Gasteiger partial charge in [-0.05, 0) is 12.7 Å². The van der Waals surface area contributed by atoms with Gasteiger partial charge >= 0.3 is 0 Å². The SMILES string of the molecule is CCc1nc(CCNC(=NC)NCCSC)cs1. The molecule has 102 valence electrons. The van der Waals surface area contributed by atoms with Crippen molar-refractivity contribution in [2.24, 2.45) is 4.99 Å². The highest BCUT2D eigenvalue weighted by Gasteiger charge is 2.01. The van der Waals surface area contributed by atoms with Gasteiger partial charge in [0.15, 0.2) is 5.96 Å². The normalized spacial score (nSPS) is 11.6. The molecule has 0 atom stereocenters. The lowest BCUT2D eigenvalue weighted by molar-refractivity contribution is 0.799. The Bertz CT molecular complexity index is 363. The molecule has 1 aromatic heterocycles. The van der Waals surface area contributed by atoms with Gasteiger partial charge in [-0.2, -0.15) is 11.8 Å². The van der Waals surface area contributed by atoms with Crippen LogP contribution in [0.4, 0.5) is 0 Å². The van der Waals surface area contributed by atoms with Gasteiger partial charge in [-0.15, -0.1) is 11.3 Å². The van der Waals surface area contributed by atoms with Gasteiger partial charge in [-0.3, -0.25) is 4.99 Å². The fourth-order valence-corrected chi connectivity index (χ4v) is 2.51. The maximum absolute atomic E-state index is 4.54. The summed E-state index contributed by atoms with van der Waals surface area (Å²) < 4.78 is 0. The van der Waals surface area contributed by atoms with Crippen LogP contribution in [0.5, 0.6) is 0 Å². The predicted molar refractivity (Wildman–Crippen MR) is 82.9 cm³/mol. The van der Waals surface area contributed by atoms with E-state index in [0.717, 1.165) is 37.6 Å². The van der Waals surface area contributed by atoms with E-state index in [4.69, 9.17) is 0 Å². The Morgan fingerprint density at radius 2 is 2.22 bits per heavy atom. The molecule has 1 aromatic rings. The zero-order valence-electron chi connectivity index (χ0n) is 11.3. The first-order valence-electron chi connectivity index (χ1n) is 6.16. The van der Waals surface area contributed by atoms with Gasteiger partial charge in [-0.1, -0.05) is 6.92 Å². The zero-order valence-corrected chi connectivity index (χ0v) is 13.0. The third-order valence-electron chi connectivity index (χ3n) is 2.40. The topological polar surface area (TPSA) is 49.3 Å². The van der Waals surface area contributed by atoms with Gasteiger partial charge in [0, 0.05) is 37.7 Å². The summed E-state index contributed by atoms with van der Waals surface area (Å²) in [6.07, 6.45) is 4.07. The molecular weight excluding hydrogens is 264 g/mol. The molecule has 0 bridgehead atoms. The summed E-state index contributed by atoms with van der Waals surface area (Å²) in [4.78, 5) is 8.72. The highest BCUT2D eigenvalue weighted by atomic mass is 32.2. The van der Waals surface area contributed by atoms with Gasteiger partial charge in [0.2, 0.25) is 0 Å². The Morgan fingerprint density at radius 1 is 1.44 bits per heavy atom. The molecule has 1 rings (SSSR count). The van der Waals surface area contributed by atoms with Crippen molar-refractivity contribution in [1.29, 1.82) is 0 Å². The first-order valence-corrected chi connectivity index (χ1v) is 8.44. The Hall–Kier alpha value is -0.750. The van der Waals surface area contributed by atoms with Crippen molar-refractivity contribution in [3.63, 3.8) is 0 Å². The maximum atomic E-state index is 4.54. The minimum Gasteiger partial charge on any atom is -0.356 e. The number of aryl methyl sites for hydroxylation is 1. The molecule has 0 saturated heterocycles. The largest absolute Gasteiger partial charge is 0.356 e. The van der Waals surface area contributed by atoms with E-state index in [-0.39, 0.29) is 0 Å². The molecule has 0 unspecified atom stereocenters. The molecule has 6 heteroatoms. The monoisotopic (exact) mass is 286 g/mol. The molecule has 0 fully saturated rings. The molecule has 0 radical (unpaired) electrons. The molecule has 4 nitrogen and oxygen atoms in total. The van der Waals surface area contributed by atoms with E-state index in [9.17, 15) is 0 Å². The summed E-state index contributed by atoms with van der Waals surface area (Å²) in [6.45, 7) is 3.95. The van der Waals surface area contributed by atoms with E-state index in [0.29, 0.717) is 0 Å². The van der Waals surface area contributed by atoms with Crippen LogP contribution in [-0.2, 0) is 12.8 Å². The van der Waals surface area contributed by atoms with Crippen molar-refractivity contribution in [2.75, 3.05) is 32.1 Å². The smallest absolute Gasteiger partial charge is 0.191 e. The highest BCUT2D eigenvalue weighted by Crippen LogP contribution is 2.09. The molecule has 0 aliphatic heterocycles. The Morgan fingerprint density at radius 3 is 2.83 bits per heavy atom. The molecule has 18 heavy (non-hydrogen) atoms. The number of hydrogen-bond acceptors (Lipinski definition) is 4. The summed E-state index contributed by atoms with van der Waals surface area (Å²) in [5.41, 5.74) is 1.17.